The van der Waals surface area contributed by atoms with Gasteiger partial charge in [-0.15, -0.1) is 0 Å². The van der Waals surface area contributed by atoms with Crippen LogP contribution in [0.25, 0.3) is 0 Å². The Bertz CT molecular complexity index is 1300. The standard InChI is InChI=1S/C29H41BrClN7O8/c1-17(15-30)25(41)33-12-6-4-5-9-23(39)35-16-24(40)37-22(8-7-13-34-29(32)46)26(42)36-19-10-11-20(21(31)14-19)27(43)38(3)18(2)28(44)45/h10-11,14,18,22H,1,4-9,12-13,15-16H2,2-3H3,(H,33,41)(H,35,39)(H,36,42)(H,37,40)(H,44,45)(H3,32,34,46)/t18-,22?/m0/s1. The third kappa shape index (κ3) is 14.7. The molecule has 0 aliphatic carbocycles. The minimum atomic E-state index is -1.19. The molecule has 0 saturated carbocycles. The van der Waals surface area contributed by atoms with Crippen molar-refractivity contribution in [1.82, 2.24) is 26.2 Å². The van der Waals surface area contributed by atoms with E-state index in [4.69, 9.17) is 22.4 Å². The predicted octanol–water partition coefficient (Wildman–Crippen LogP) is 1.50. The number of anilines is 1. The number of carbonyl (C=O) groups is 7. The fraction of sp³-hybridized carbons (Fsp3) is 0.483. The molecule has 0 heterocycles. The highest BCUT2D eigenvalue weighted by atomic mass is 79.9. The van der Waals surface area contributed by atoms with Crippen LogP contribution in [0, 0.1) is 0 Å². The maximum atomic E-state index is 13.1. The first-order chi connectivity index (χ1) is 21.7. The number of carbonyl (C=O) groups excluding carboxylic acids is 6. The number of urea groups is 1. The molecule has 1 aromatic carbocycles. The number of alkyl halides is 1. The van der Waals surface area contributed by atoms with Gasteiger partial charge in [-0.25, -0.2) is 9.59 Å². The van der Waals surface area contributed by atoms with Gasteiger partial charge in [0.15, 0.2) is 0 Å². The third-order valence-electron chi connectivity index (χ3n) is 6.64. The highest BCUT2D eigenvalue weighted by Crippen LogP contribution is 2.23. The molecule has 0 aromatic heterocycles. The Hall–Kier alpha value is -4.18. The Kier molecular flexibility index (Phi) is 18.0. The predicted molar refractivity (Wildman–Crippen MR) is 175 cm³/mol. The molecule has 0 fully saturated rings. The van der Waals surface area contributed by atoms with Gasteiger partial charge < -0.3 is 42.3 Å². The lowest BCUT2D eigenvalue weighted by Crippen LogP contribution is -2.47. The largest absolute Gasteiger partial charge is 0.480 e. The lowest BCUT2D eigenvalue weighted by molar-refractivity contribution is -0.141. The second-order valence-corrected chi connectivity index (χ2v) is 11.2. The molecule has 0 radical (unpaired) electrons. The number of primary amides is 1. The Labute approximate surface area is 280 Å². The Morgan fingerprint density at radius 2 is 1.67 bits per heavy atom. The number of rotatable bonds is 20. The summed E-state index contributed by atoms with van der Waals surface area (Å²) >= 11 is 9.43. The van der Waals surface area contributed by atoms with E-state index in [-0.39, 0.29) is 60.4 Å². The summed E-state index contributed by atoms with van der Waals surface area (Å²) in [6.45, 7) is 5.19. The van der Waals surface area contributed by atoms with Gasteiger partial charge in [-0.05, 0) is 50.8 Å². The van der Waals surface area contributed by atoms with Crippen LogP contribution in [-0.4, -0.2) is 95.6 Å². The van der Waals surface area contributed by atoms with Gasteiger partial charge in [-0.2, -0.15) is 0 Å². The van der Waals surface area contributed by atoms with Gasteiger partial charge in [0.05, 0.1) is 17.1 Å². The molecule has 1 unspecified atom stereocenters. The van der Waals surface area contributed by atoms with Gasteiger partial charge in [0.25, 0.3) is 5.91 Å². The number of hydrogen-bond donors (Lipinski definition) is 7. The smallest absolute Gasteiger partial charge is 0.326 e. The van der Waals surface area contributed by atoms with Crippen LogP contribution >= 0.6 is 27.5 Å². The van der Waals surface area contributed by atoms with Crippen LogP contribution < -0.4 is 32.3 Å². The molecule has 254 valence electrons. The van der Waals surface area contributed by atoms with E-state index in [9.17, 15) is 33.6 Å². The average Bonchev–Trinajstić information content (AvgIpc) is 3.01. The zero-order chi connectivity index (χ0) is 34.8. The molecule has 8 N–H and O–H groups in total. The lowest BCUT2D eigenvalue weighted by Gasteiger charge is -2.22. The summed E-state index contributed by atoms with van der Waals surface area (Å²) in [5.41, 5.74) is 5.73. The molecule has 0 saturated heterocycles. The summed E-state index contributed by atoms with van der Waals surface area (Å²) in [4.78, 5) is 85.5. The fourth-order valence-corrected chi connectivity index (χ4v) is 4.32. The molecule has 0 bridgehead atoms. The SMILES string of the molecule is C=C(CBr)C(=O)NCCCCCC(=O)NCC(=O)NC(CCCNC(N)=O)C(=O)Nc1ccc(C(=O)N(C)[C@@H](C)C(=O)O)c(Cl)c1. The van der Waals surface area contributed by atoms with Crippen molar-refractivity contribution in [3.05, 3.63) is 40.9 Å². The monoisotopic (exact) mass is 729 g/mol. The van der Waals surface area contributed by atoms with E-state index in [2.05, 4.69) is 49.1 Å². The summed E-state index contributed by atoms with van der Waals surface area (Å²) in [5, 5.41) is 22.3. The van der Waals surface area contributed by atoms with Crippen LogP contribution in [0.2, 0.25) is 5.02 Å². The van der Waals surface area contributed by atoms with Crippen LogP contribution in [-0.2, 0) is 24.0 Å². The molecule has 0 aliphatic heterocycles. The highest BCUT2D eigenvalue weighted by molar-refractivity contribution is 9.09. The summed E-state index contributed by atoms with van der Waals surface area (Å²) in [7, 11) is 1.32. The number of carboxylic acid groups (broad SMARTS) is 1. The number of unbranched alkanes of at least 4 members (excludes halogenated alkanes) is 2. The minimum absolute atomic E-state index is 0.0248. The molecule has 1 aromatic rings. The molecule has 1 rings (SSSR count). The average molecular weight is 731 g/mol. The van der Waals surface area contributed by atoms with Crippen molar-refractivity contribution in [1.29, 1.82) is 0 Å². The summed E-state index contributed by atoms with van der Waals surface area (Å²) in [6, 6.07) is 1.13. The normalized spacial score (nSPS) is 11.7. The van der Waals surface area contributed by atoms with Gasteiger partial charge in [0.2, 0.25) is 23.6 Å². The number of aliphatic carboxylic acids is 1. The van der Waals surface area contributed by atoms with Crippen LogP contribution in [0.15, 0.2) is 30.4 Å². The number of nitrogens with zero attached hydrogens (tertiary/aromatic N) is 1. The zero-order valence-electron chi connectivity index (χ0n) is 25.8. The zero-order valence-corrected chi connectivity index (χ0v) is 28.1. The van der Waals surface area contributed by atoms with Crippen molar-refractivity contribution in [2.24, 2.45) is 5.73 Å². The molecule has 7 amide bonds. The van der Waals surface area contributed by atoms with Gasteiger partial charge in [-0.3, -0.25) is 24.0 Å². The molecule has 2 atom stereocenters. The first-order valence-electron chi connectivity index (χ1n) is 14.4. The van der Waals surface area contributed by atoms with Crippen LogP contribution in [0.4, 0.5) is 10.5 Å². The van der Waals surface area contributed by atoms with E-state index < -0.39 is 41.8 Å². The number of halogens is 2. The maximum absolute atomic E-state index is 13.1. The second kappa shape index (κ2) is 20.8. The quantitative estimate of drug-likeness (QED) is 0.0589. The van der Waals surface area contributed by atoms with E-state index in [1.807, 2.05) is 0 Å². The highest BCUT2D eigenvalue weighted by Gasteiger charge is 2.25. The molecular weight excluding hydrogens is 690 g/mol. The summed E-state index contributed by atoms with van der Waals surface area (Å²) in [5.74, 6) is -3.67. The Balaban J connectivity index is 2.71. The van der Waals surface area contributed by atoms with Crippen molar-refractivity contribution in [3.63, 3.8) is 0 Å². The van der Waals surface area contributed by atoms with E-state index in [1.54, 1.807) is 0 Å². The fourth-order valence-electron chi connectivity index (χ4n) is 3.80. The van der Waals surface area contributed by atoms with Crippen molar-refractivity contribution in [3.8, 4) is 0 Å². The first kappa shape index (κ1) is 39.8. The van der Waals surface area contributed by atoms with Crippen molar-refractivity contribution >= 4 is 74.8 Å². The number of nitrogens with two attached hydrogens (primary N) is 1. The molecule has 0 aliphatic rings. The Morgan fingerprint density at radius 3 is 2.28 bits per heavy atom. The van der Waals surface area contributed by atoms with Gasteiger partial charge in [0.1, 0.15) is 12.1 Å². The number of nitrogens with one attached hydrogen (secondary N) is 5. The number of amides is 7. The molecule has 15 nitrogen and oxygen atoms in total. The lowest BCUT2D eigenvalue weighted by atomic mass is 10.1. The van der Waals surface area contributed by atoms with Gasteiger partial charge in [-0.1, -0.05) is 40.5 Å². The molecule has 17 heteroatoms. The number of likely N-dealkylation sites (N-methyl/N-ethyl adjacent to an activating group) is 1. The van der Waals surface area contributed by atoms with E-state index in [1.165, 1.54) is 32.2 Å². The number of benzene rings is 1. The van der Waals surface area contributed by atoms with Gasteiger partial charge >= 0.3 is 12.0 Å². The van der Waals surface area contributed by atoms with E-state index >= 15 is 0 Å². The first-order valence-corrected chi connectivity index (χ1v) is 15.9. The summed E-state index contributed by atoms with van der Waals surface area (Å²) in [6.07, 6.45) is 2.44. The maximum Gasteiger partial charge on any atom is 0.326 e. The second-order valence-electron chi connectivity index (χ2n) is 10.2. The number of carboxylic acids is 1. The topological polar surface area (TPSA) is 229 Å². The van der Waals surface area contributed by atoms with Crippen LogP contribution in [0.1, 0.15) is 55.8 Å². The van der Waals surface area contributed by atoms with Crippen LogP contribution in [0.3, 0.4) is 0 Å². The minimum Gasteiger partial charge on any atom is -0.480 e. The molecular formula is C29H41BrClN7O8. The van der Waals surface area contributed by atoms with E-state index in [0.29, 0.717) is 36.7 Å². The van der Waals surface area contributed by atoms with Gasteiger partial charge in [0, 0.05) is 43.1 Å². The number of hydrogen-bond acceptors (Lipinski definition) is 7. The van der Waals surface area contributed by atoms with Crippen LogP contribution in [0.5, 0.6) is 0 Å². The van der Waals surface area contributed by atoms with Crippen molar-refractivity contribution in [2.45, 2.75) is 57.5 Å². The van der Waals surface area contributed by atoms with E-state index in [0.717, 1.165) is 4.90 Å². The Morgan fingerprint density at radius 1 is 1.00 bits per heavy atom. The summed E-state index contributed by atoms with van der Waals surface area (Å²) < 4.78 is 0. The molecule has 46 heavy (non-hydrogen) atoms. The van der Waals surface area contributed by atoms with Crippen molar-refractivity contribution < 1.29 is 38.7 Å². The molecule has 0 spiro atoms. The van der Waals surface area contributed by atoms with Crippen molar-refractivity contribution in [2.75, 3.05) is 37.3 Å². The third-order valence-corrected chi connectivity index (χ3v) is 7.63.